The Morgan fingerprint density at radius 3 is 2.39 bits per heavy atom. The molecule has 1 aliphatic rings. The average Bonchev–Trinajstić information content (AvgIpc) is 3.59. The van der Waals surface area contributed by atoms with Crippen molar-refractivity contribution in [1.82, 2.24) is 19.7 Å². The number of nitrogens with one attached hydrogen (secondary N) is 3. The predicted molar refractivity (Wildman–Crippen MR) is 186 cm³/mol. The molecule has 0 atom stereocenters. The maximum atomic E-state index is 13.2. The zero-order valence-electron chi connectivity index (χ0n) is 27.5. The molecule has 0 radical (unpaired) electrons. The number of hydrogen-bond donors (Lipinski definition) is 3. The molecule has 2 aromatic heterocycles. The van der Waals surface area contributed by atoms with Gasteiger partial charge in [0.2, 0.25) is 5.91 Å². The molecule has 8 nitrogen and oxygen atoms in total. The lowest BCUT2D eigenvalue weighted by Gasteiger charge is -2.32. The van der Waals surface area contributed by atoms with E-state index < -0.39 is 0 Å². The summed E-state index contributed by atoms with van der Waals surface area (Å²) in [6, 6.07) is 26.0. The second-order valence-corrected chi connectivity index (χ2v) is 13.7. The number of fused-ring (bicyclic) bond motifs is 1. The summed E-state index contributed by atoms with van der Waals surface area (Å²) in [5.74, 6) is 1.30. The number of hydrogen-bond acceptors (Lipinski definition) is 3. The molecular formula is C38H44N6O2. The number of H-pyrrole nitrogens is 1. The van der Waals surface area contributed by atoms with Crippen LogP contribution in [0.5, 0.6) is 0 Å². The molecule has 238 valence electrons. The van der Waals surface area contributed by atoms with E-state index in [9.17, 15) is 9.59 Å². The van der Waals surface area contributed by atoms with E-state index in [0.717, 1.165) is 77.1 Å². The lowest BCUT2D eigenvalue weighted by Crippen LogP contribution is -2.39. The van der Waals surface area contributed by atoms with Gasteiger partial charge in [0.25, 0.3) is 0 Å². The molecule has 8 heteroatoms. The van der Waals surface area contributed by atoms with E-state index in [-0.39, 0.29) is 17.4 Å². The van der Waals surface area contributed by atoms with Crippen LogP contribution in [-0.4, -0.2) is 44.7 Å². The van der Waals surface area contributed by atoms with Gasteiger partial charge in [-0.05, 0) is 80.5 Å². The van der Waals surface area contributed by atoms with Gasteiger partial charge in [0.15, 0.2) is 0 Å². The third kappa shape index (κ3) is 7.01. The molecule has 1 fully saturated rings. The predicted octanol–water partition coefficient (Wildman–Crippen LogP) is 7.94. The number of urea groups is 1. The molecule has 6 rings (SSSR count). The SMILES string of the molecule is Cc1ccc(-n2nc(C(C)(C)C)cc2NC(=O)Nc2cccc(CC3CCN(C(=O)Cc4c(C)[nH]c5ccccc45)CC3)c2)cc1. The van der Waals surface area contributed by atoms with Crippen LogP contribution in [0.1, 0.15) is 61.7 Å². The smallest absolute Gasteiger partial charge is 0.324 e. The second-order valence-electron chi connectivity index (χ2n) is 13.7. The number of carbonyl (C=O) groups is 2. The molecule has 3 N–H and O–H groups in total. The van der Waals surface area contributed by atoms with E-state index in [2.05, 4.69) is 60.7 Å². The van der Waals surface area contributed by atoms with Gasteiger partial charge in [-0.2, -0.15) is 5.10 Å². The van der Waals surface area contributed by atoms with Gasteiger partial charge in [-0.25, -0.2) is 9.48 Å². The fourth-order valence-corrected chi connectivity index (χ4v) is 6.32. The van der Waals surface area contributed by atoms with Crippen molar-refractivity contribution in [3.8, 4) is 5.69 Å². The van der Waals surface area contributed by atoms with Crippen molar-refractivity contribution in [1.29, 1.82) is 0 Å². The molecule has 0 saturated carbocycles. The van der Waals surface area contributed by atoms with Crippen LogP contribution in [0.3, 0.4) is 0 Å². The Hall–Kier alpha value is -4.85. The van der Waals surface area contributed by atoms with Crippen molar-refractivity contribution in [3.05, 3.63) is 107 Å². The Bertz CT molecular complexity index is 1850. The summed E-state index contributed by atoms with van der Waals surface area (Å²) in [4.78, 5) is 31.8. The third-order valence-electron chi connectivity index (χ3n) is 9.03. The summed E-state index contributed by atoms with van der Waals surface area (Å²) in [6.45, 7) is 12.0. The van der Waals surface area contributed by atoms with Crippen molar-refractivity contribution in [2.24, 2.45) is 5.92 Å². The molecule has 3 aromatic carbocycles. The van der Waals surface area contributed by atoms with Crippen molar-refractivity contribution < 1.29 is 9.59 Å². The number of amides is 3. The molecule has 3 amide bonds. The first-order chi connectivity index (χ1) is 22.0. The minimum absolute atomic E-state index is 0.170. The molecule has 3 heterocycles. The van der Waals surface area contributed by atoms with E-state index in [1.165, 1.54) is 5.56 Å². The fraction of sp³-hybridized carbons (Fsp3) is 0.342. The van der Waals surface area contributed by atoms with Crippen LogP contribution in [0.2, 0.25) is 0 Å². The maximum absolute atomic E-state index is 13.2. The molecule has 1 saturated heterocycles. The Morgan fingerprint density at radius 1 is 0.913 bits per heavy atom. The molecule has 0 unspecified atom stereocenters. The molecule has 1 aliphatic heterocycles. The number of anilines is 2. The largest absolute Gasteiger partial charge is 0.358 e. The zero-order chi connectivity index (χ0) is 32.4. The van der Waals surface area contributed by atoms with E-state index in [4.69, 9.17) is 5.10 Å². The van der Waals surface area contributed by atoms with Gasteiger partial charge in [0, 0.05) is 46.9 Å². The quantitative estimate of drug-likeness (QED) is 0.173. The van der Waals surface area contributed by atoms with Gasteiger partial charge < -0.3 is 15.2 Å². The Morgan fingerprint density at radius 2 is 1.65 bits per heavy atom. The van der Waals surface area contributed by atoms with Crippen LogP contribution in [0, 0.1) is 19.8 Å². The minimum Gasteiger partial charge on any atom is -0.358 e. The van der Waals surface area contributed by atoms with E-state index in [0.29, 0.717) is 18.2 Å². The van der Waals surface area contributed by atoms with Gasteiger partial charge >= 0.3 is 6.03 Å². The Balaban J connectivity index is 1.05. The highest BCUT2D eigenvalue weighted by atomic mass is 16.2. The molecule has 0 spiro atoms. The highest BCUT2D eigenvalue weighted by molar-refractivity contribution is 5.99. The molecule has 5 aromatic rings. The van der Waals surface area contributed by atoms with Crippen molar-refractivity contribution in [3.63, 3.8) is 0 Å². The standard InChI is InChI=1S/C38H44N6O2/c1-25-13-15-30(16-14-25)44-35(24-34(42-44)38(3,4)5)41-37(46)40-29-10-8-9-28(22-29)21-27-17-19-43(20-18-27)36(45)23-32-26(2)39-33-12-7-6-11-31(32)33/h6-16,22,24,27,39H,17-21,23H2,1-5H3,(H2,40,41,46). The Kier molecular flexibility index (Phi) is 8.71. The van der Waals surface area contributed by atoms with Gasteiger partial charge in [-0.1, -0.05) is 68.8 Å². The Labute approximate surface area is 271 Å². The van der Waals surface area contributed by atoms with Crippen molar-refractivity contribution in [2.45, 2.75) is 65.7 Å². The van der Waals surface area contributed by atoms with Gasteiger partial charge in [-0.3, -0.25) is 10.1 Å². The van der Waals surface area contributed by atoms with Gasteiger partial charge in [0.1, 0.15) is 5.82 Å². The van der Waals surface area contributed by atoms with Crippen LogP contribution >= 0.6 is 0 Å². The monoisotopic (exact) mass is 616 g/mol. The number of aromatic nitrogens is 3. The van der Waals surface area contributed by atoms with Crippen molar-refractivity contribution >= 4 is 34.3 Å². The molecule has 0 aliphatic carbocycles. The number of carbonyl (C=O) groups excluding carboxylic acids is 2. The number of piperidine rings is 1. The molecule has 0 bridgehead atoms. The topological polar surface area (TPSA) is 95.1 Å². The lowest BCUT2D eigenvalue weighted by molar-refractivity contribution is -0.131. The molecule has 46 heavy (non-hydrogen) atoms. The number of likely N-dealkylation sites (tertiary alicyclic amines) is 1. The fourth-order valence-electron chi connectivity index (χ4n) is 6.32. The first-order valence-corrected chi connectivity index (χ1v) is 16.2. The average molecular weight is 617 g/mol. The van der Waals surface area contributed by atoms with Crippen LogP contribution < -0.4 is 10.6 Å². The number of aryl methyl sites for hydroxylation is 2. The first-order valence-electron chi connectivity index (χ1n) is 16.2. The summed E-state index contributed by atoms with van der Waals surface area (Å²) in [7, 11) is 0. The molecular weight excluding hydrogens is 572 g/mol. The summed E-state index contributed by atoms with van der Waals surface area (Å²) in [6.07, 6.45) is 3.28. The first kappa shape index (κ1) is 31.1. The van der Waals surface area contributed by atoms with Crippen LogP contribution in [-0.2, 0) is 23.1 Å². The third-order valence-corrected chi connectivity index (χ3v) is 9.03. The number of benzene rings is 3. The highest BCUT2D eigenvalue weighted by Gasteiger charge is 2.25. The van der Waals surface area contributed by atoms with E-state index >= 15 is 0 Å². The minimum atomic E-state index is -0.317. The number of nitrogens with zero attached hydrogens (tertiary/aromatic N) is 3. The van der Waals surface area contributed by atoms with E-state index in [1.54, 1.807) is 4.68 Å². The van der Waals surface area contributed by atoms with Crippen molar-refractivity contribution in [2.75, 3.05) is 23.7 Å². The zero-order valence-corrected chi connectivity index (χ0v) is 27.5. The maximum Gasteiger partial charge on any atom is 0.324 e. The lowest BCUT2D eigenvalue weighted by atomic mass is 9.90. The highest BCUT2D eigenvalue weighted by Crippen LogP contribution is 2.28. The van der Waals surface area contributed by atoms with Gasteiger partial charge in [0.05, 0.1) is 17.8 Å². The summed E-state index contributed by atoms with van der Waals surface area (Å²) < 4.78 is 1.79. The summed E-state index contributed by atoms with van der Waals surface area (Å²) >= 11 is 0. The van der Waals surface area contributed by atoms with Gasteiger partial charge in [-0.15, -0.1) is 0 Å². The number of aromatic amines is 1. The van der Waals surface area contributed by atoms with E-state index in [1.807, 2.05) is 73.3 Å². The van der Waals surface area contributed by atoms with Crippen LogP contribution in [0.4, 0.5) is 16.3 Å². The number of para-hydroxylation sites is 1. The second kappa shape index (κ2) is 12.9. The van der Waals surface area contributed by atoms with Crippen LogP contribution in [0.15, 0.2) is 78.9 Å². The summed E-state index contributed by atoms with van der Waals surface area (Å²) in [5.41, 5.74) is 7.95. The summed E-state index contributed by atoms with van der Waals surface area (Å²) in [5, 5.41) is 12.0. The van der Waals surface area contributed by atoms with Crippen LogP contribution in [0.25, 0.3) is 16.6 Å². The number of rotatable bonds is 7. The normalized spacial score (nSPS) is 14.1.